The fourth-order valence-electron chi connectivity index (χ4n) is 1.32. The van der Waals surface area contributed by atoms with Gasteiger partial charge in [-0.25, -0.2) is 4.68 Å². The quantitative estimate of drug-likeness (QED) is 0.729. The summed E-state index contributed by atoms with van der Waals surface area (Å²) < 4.78 is 39.2. The minimum atomic E-state index is -4.40. The monoisotopic (exact) mass is 221 g/mol. The van der Waals surface area contributed by atoms with E-state index in [0.717, 1.165) is 4.68 Å². The van der Waals surface area contributed by atoms with Gasteiger partial charge in [0.15, 0.2) is 5.69 Å². The summed E-state index contributed by atoms with van der Waals surface area (Å²) in [4.78, 5) is 0. The highest BCUT2D eigenvalue weighted by molar-refractivity contribution is 5.21. The molecule has 1 aromatic rings. The molecule has 0 aliphatic rings. The minimum Gasteiger partial charge on any atom is -0.240 e. The number of hydrogen-bond donors (Lipinski definition) is 0. The summed E-state index contributed by atoms with van der Waals surface area (Å²) >= 11 is 0. The number of aryl methyl sites for hydroxylation is 1. The first-order valence-electron chi connectivity index (χ1n) is 4.69. The third-order valence-electron chi connectivity index (χ3n) is 2.01. The van der Waals surface area contributed by atoms with Crippen molar-refractivity contribution in [2.45, 2.75) is 45.8 Å². The minimum absolute atomic E-state index is 0.00292. The molecule has 15 heavy (non-hydrogen) atoms. The van der Waals surface area contributed by atoms with Crippen LogP contribution in [0.5, 0.6) is 0 Å². The zero-order valence-corrected chi connectivity index (χ0v) is 9.18. The molecule has 6 heteroatoms. The Kier molecular flexibility index (Phi) is 2.80. The molecule has 0 saturated heterocycles. The third-order valence-corrected chi connectivity index (χ3v) is 2.01. The van der Waals surface area contributed by atoms with Crippen molar-refractivity contribution in [3.63, 3.8) is 0 Å². The van der Waals surface area contributed by atoms with Gasteiger partial charge in [-0.2, -0.15) is 13.2 Å². The van der Waals surface area contributed by atoms with E-state index in [9.17, 15) is 13.2 Å². The molecule has 0 atom stereocenters. The molecule has 0 N–H and O–H groups in total. The van der Waals surface area contributed by atoms with Crippen molar-refractivity contribution in [2.75, 3.05) is 0 Å². The Bertz CT molecular complexity index is 346. The zero-order valence-electron chi connectivity index (χ0n) is 9.18. The summed E-state index contributed by atoms with van der Waals surface area (Å²) in [5.41, 5.74) is -1.40. The smallest absolute Gasteiger partial charge is 0.240 e. The van der Waals surface area contributed by atoms with E-state index in [1.165, 1.54) is 0 Å². The topological polar surface area (TPSA) is 30.7 Å². The second-order valence-electron chi connectivity index (χ2n) is 4.35. The Morgan fingerprint density at radius 3 is 2.07 bits per heavy atom. The van der Waals surface area contributed by atoms with Crippen LogP contribution in [0.1, 0.15) is 39.1 Å². The summed E-state index contributed by atoms with van der Waals surface area (Å²) in [5.74, 6) is 0. The van der Waals surface area contributed by atoms with Crippen molar-refractivity contribution in [2.24, 2.45) is 0 Å². The highest BCUT2D eigenvalue weighted by Gasteiger charge is 2.41. The standard InChI is InChI=1S/C9H14F3N3/c1-5-15-7(9(10,11)12)6(13-14-15)8(2,3)4/h5H2,1-4H3. The fourth-order valence-corrected chi connectivity index (χ4v) is 1.32. The van der Waals surface area contributed by atoms with Crippen LogP contribution in [0.3, 0.4) is 0 Å². The van der Waals surface area contributed by atoms with Crippen LogP contribution in [0, 0.1) is 0 Å². The Morgan fingerprint density at radius 2 is 1.73 bits per heavy atom. The lowest BCUT2D eigenvalue weighted by Crippen LogP contribution is -2.22. The molecular formula is C9H14F3N3. The van der Waals surface area contributed by atoms with Gasteiger partial charge in [0, 0.05) is 12.0 Å². The number of hydrogen-bond acceptors (Lipinski definition) is 2. The van der Waals surface area contributed by atoms with Gasteiger partial charge in [0.05, 0.1) is 0 Å². The molecule has 0 amide bonds. The van der Waals surface area contributed by atoms with E-state index in [0.29, 0.717) is 0 Å². The number of halogens is 3. The average Bonchev–Trinajstić information content (AvgIpc) is 2.44. The van der Waals surface area contributed by atoms with Gasteiger partial charge in [0.1, 0.15) is 5.69 Å². The van der Waals surface area contributed by atoms with Gasteiger partial charge in [0.2, 0.25) is 0 Å². The SMILES string of the molecule is CCn1nnc(C(C)(C)C)c1C(F)(F)F. The molecule has 0 radical (unpaired) electrons. The van der Waals surface area contributed by atoms with Crippen LogP contribution >= 0.6 is 0 Å². The van der Waals surface area contributed by atoms with E-state index in [1.807, 2.05) is 0 Å². The van der Waals surface area contributed by atoms with E-state index in [-0.39, 0.29) is 12.2 Å². The third kappa shape index (κ3) is 2.30. The molecule has 1 aromatic heterocycles. The van der Waals surface area contributed by atoms with Crippen molar-refractivity contribution in [3.05, 3.63) is 11.4 Å². The fraction of sp³-hybridized carbons (Fsp3) is 0.778. The van der Waals surface area contributed by atoms with Gasteiger partial charge in [-0.15, -0.1) is 5.10 Å². The highest BCUT2D eigenvalue weighted by Crippen LogP contribution is 2.35. The van der Waals surface area contributed by atoms with Crippen molar-refractivity contribution in [1.82, 2.24) is 15.0 Å². The summed E-state index contributed by atoms with van der Waals surface area (Å²) in [5, 5.41) is 7.13. The number of nitrogens with zero attached hydrogens (tertiary/aromatic N) is 3. The molecular weight excluding hydrogens is 207 g/mol. The Balaban J connectivity index is 3.37. The molecule has 1 heterocycles. The van der Waals surface area contributed by atoms with Gasteiger partial charge in [0.25, 0.3) is 0 Å². The largest absolute Gasteiger partial charge is 0.434 e. The molecule has 0 aliphatic heterocycles. The molecule has 0 fully saturated rings. The molecule has 0 unspecified atom stereocenters. The van der Waals surface area contributed by atoms with Crippen LogP contribution < -0.4 is 0 Å². The summed E-state index contributed by atoms with van der Waals surface area (Å²) in [6.07, 6.45) is -4.40. The summed E-state index contributed by atoms with van der Waals surface area (Å²) in [7, 11) is 0. The second kappa shape index (κ2) is 3.50. The highest BCUT2D eigenvalue weighted by atomic mass is 19.4. The van der Waals surface area contributed by atoms with Gasteiger partial charge in [-0.05, 0) is 6.92 Å². The van der Waals surface area contributed by atoms with Crippen molar-refractivity contribution in [3.8, 4) is 0 Å². The summed E-state index contributed by atoms with van der Waals surface area (Å²) in [6, 6.07) is 0. The van der Waals surface area contributed by atoms with Crippen molar-refractivity contribution < 1.29 is 13.2 Å². The normalized spacial score (nSPS) is 13.3. The van der Waals surface area contributed by atoms with Gasteiger partial charge < -0.3 is 0 Å². The van der Waals surface area contributed by atoms with Crippen LogP contribution in [0.15, 0.2) is 0 Å². The van der Waals surface area contributed by atoms with Crippen molar-refractivity contribution >= 4 is 0 Å². The van der Waals surface area contributed by atoms with Crippen molar-refractivity contribution in [1.29, 1.82) is 0 Å². The van der Waals surface area contributed by atoms with Crippen LogP contribution in [0.2, 0.25) is 0 Å². The number of rotatable bonds is 1. The second-order valence-corrected chi connectivity index (χ2v) is 4.35. The molecule has 3 nitrogen and oxygen atoms in total. The first-order chi connectivity index (χ1) is 6.68. The zero-order chi connectivity index (χ0) is 11.9. The van der Waals surface area contributed by atoms with Gasteiger partial charge in [-0.1, -0.05) is 26.0 Å². The van der Waals surface area contributed by atoms with Crippen LogP contribution in [0.25, 0.3) is 0 Å². The molecule has 86 valence electrons. The van der Waals surface area contributed by atoms with E-state index in [4.69, 9.17) is 0 Å². The maximum Gasteiger partial charge on any atom is 0.434 e. The van der Waals surface area contributed by atoms with Gasteiger partial charge >= 0.3 is 6.18 Å². The number of alkyl halides is 3. The first-order valence-corrected chi connectivity index (χ1v) is 4.69. The van der Waals surface area contributed by atoms with E-state index >= 15 is 0 Å². The molecule has 0 bridgehead atoms. The predicted octanol–water partition coefficient (Wildman–Crippen LogP) is 2.61. The Labute approximate surface area is 86.3 Å². The maximum absolute atomic E-state index is 12.8. The number of aromatic nitrogens is 3. The first kappa shape index (κ1) is 12.0. The molecule has 0 aromatic carbocycles. The average molecular weight is 221 g/mol. The Hall–Kier alpha value is -1.07. The molecule has 1 rings (SSSR count). The van der Waals surface area contributed by atoms with Crippen LogP contribution in [0.4, 0.5) is 13.2 Å². The Morgan fingerprint density at radius 1 is 1.20 bits per heavy atom. The summed E-state index contributed by atoms with van der Waals surface area (Å²) in [6.45, 7) is 6.83. The molecule has 0 saturated carbocycles. The lowest BCUT2D eigenvalue weighted by molar-refractivity contribution is -0.145. The van der Waals surface area contributed by atoms with Crippen LogP contribution in [-0.2, 0) is 18.1 Å². The molecule has 0 spiro atoms. The molecule has 0 aliphatic carbocycles. The van der Waals surface area contributed by atoms with E-state index in [1.54, 1.807) is 27.7 Å². The van der Waals surface area contributed by atoms with Gasteiger partial charge in [-0.3, -0.25) is 0 Å². The lowest BCUT2D eigenvalue weighted by atomic mass is 9.90. The van der Waals surface area contributed by atoms with Crippen LogP contribution in [-0.4, -0.2) is 15.0 Å². The maximum atomic E-state index is 12.8. The predicted molar refractivity (Wildman–Crippen MR) is 49.4 cm³/mol. The van der Waals surface area contributed by atoms with E-state index in [2.05, 4.69) is 10.3 Å². The lowest BCUT2D eigenvalue weighted by Gasteiger charge is -2.18. The van der Waals surface area contributed by atoms with E-state index < -0.39 is 17.3 Å².